The van der Waals surface area contributed by atoms with Crippen LogP contribution in [0, 0.1) is 0 Å². The van der Waals surface area contributed by atoms with E-state index in [-0.39, 0.29) is 18.3 Å². The van der Waals surface area contributed by atoms with Gasteiger partial charge in [0.2, 0.25) is 0 Å². The summed E-state index contributed by atoms with van der Waals surface area (Å²) in [5.74, 6) is 0. The lowest BCUT2D eigenvalue weighted by molar-refractivity contribution is -0.0688. The Balaban J connectivity index is 1.78. The van der Waals surface area contributed by atoms with Crippen molar-refractivity contribution in [1.82, 2.24) is 9.88 Å². The number of halogens is 4. The van der Waals surface area contributed by atoms with Crippen LogP contribution in [0.2, 0.25) is 0 Å². The maximum Gasteiger partial charge on any atom is 0.417 e. The van der Waals surface area contributed by atoms with Crippen molar-refractivity contribution in [3.63, 3.8) is 0 Å². The van der Waals surface area contributed by atoms with Gasteiger partial charge < -0.3 is 11.1 Å². The minimum Gasteiger partial charge on any atom is -0.379 e. The van der Waals surface area contributed by atoms with E-state index in [1.54, 1.807) is 36.4 Å². The van der Waals surface area contributed by atoms with Gasteiger partial charge >= 0.3 is 6.18 Å². The summed E-state index contributed by atoms with van der Waals surface area (Å²) < 4.78 is 55.5. The van der Waals surface area contributed by atoms with Gasteiger partial charge in [-0.3, -0.25) is 4.90 Å². The number of allylic oxidation sites excluding steroid dienone is 1. The highest BCUT2D eigenvalue weighted by Gasteiger charge is 2.46. The number of pyridine rings is 1. The fourth-order valence-electron chi connectivity index (χ4n) is 4.80. The molecule has 0 radical (unpaired) electrons. The number of benzene rings is 1. The van der Waals surface area contributed by atoms with Gasteiger partial charge in [0, 0.05) is 35.1 Å². The monoisotopic (exact) mass is 434 g/mol. The largest absolute Gasteiger partial charge is 0.417 e. The summed E-state index contributed by atoms with van der Waals surface area (Å²) in [5.41, 5.74) is 5.18. The zero-order valence-corrected chi connectivity index (χ0v) is 17.3. The van der Waals surface area contributed by atoms with Gasteiger partial charge in [-0.25, -0.2) is 9.37 Å². The molecule has 4 rings (SSSR count). The Morgan fingerprint density at radius 1 is 1.32 bits per heavy atom. The van der Waals surface area contributed by atoms with Gasteiger partial charge in [-0.1, -0.05) is 24.8 Å². The van der Waals surface area contributed by atoms with Crippen molar-refractivity contribution < 1.29 is 17.6 Å². The highest BCUT2D eigenvalue weighted by molar-refractivity contribution is 6.00. The van der Waals surface area contributed by atoms with Gasteiger partial charge in [-0.15, -0.1) is 0 Å². The van der Waals surface area contributed by atoms with Crippen LogP contribution in [0.4, 0.5) is 23.2 Å². The first kappa shape index (κ1) is 21.8. The van der Waals surface area contributed by atoms with E-state index >= 15 is 4.39 Å². The third kappa shape index (κ3) is 4.06. The van der Waals surface area contributed by atoms with Crippen molar-refractivity contribution in [2.75, 3.05) is 18.9 Å². The van der Waals surface area contributed by atoms with Crippen LogP contribution in [0.5, 0.6) is 0 Å². The second-order valence-corrected chi connectivity index (χ2v) is 8.31. The zero-order chi connectivity index (χ0) is 22.3. The number of rotatable bonds is 5. The molecular weight excluding hydrogens is 408 g/mol. The van der Waals surface area contributed by atoms with Crippen molar-refractivity contribution in [2.45, 2.75) is 49.7 Å². The Morgan fingerprint density at radius 3 is 2.81 bits per heavy atom. The first-order valence-corrected chi connectivity index (χ1v) is 10.4. The molecule has 0 saturated carbocycles. The molecule has 3 heterocycles. The molecule has 3 N–H and O–H groups in total. The quantitative estimate of drug-likeness (QED) is 0.666. The molecule has 4 atom stereocenters. The number of piperidine rings is 1. The normalized spacial score (nSPS) is 26.6. The average Bonchev–Trinajstić information content (AvgIpc) is 3.00. The van der Waals surface area contributed by atoms with Crippen LogP contribution < -0.4 is 11.1 Å². The fourth-order valence-corrected chi connectivity index (χ4v) is 4.80. The summed E-state index contributed by atoms with van der Waals surface area (Å²) in [6.45, 7) is 3.47. The molecule has 31 heavy (non-hydrogen) atoms. The molecule has 2 fully saturated rings. The SMILES string of the molecule is C=C(c1nc(/C=C/CN)cc2c(N[C@@H]3C[C@H]4CC[C@@H]([C@@H]3F)N4C)cccc12)C(F)(F)F. The standard InChI is InChI=1S/C23H26F4N4/c1-13(23(25,26)27)22-16-6-3-7-18(17(16)11-14(29-22)5-4-10-28)30-19-12-15-8-9-20(21(19)24)31(15)2/h3-7,11,15,19-21,30H,1,8-10,12,28H2,2H3/b5-4+/t15-,19-,20+,21-/m1/s1. The summed E-state index contributed by atoms with van der Waals surface area (Å²) in [5, 5.41) is 4.17. The van der Waals surface area contributed by atoms with Crippen LogP contribution in [-0.2, 0) is 0 Å². The van der Waals surface area contributed by atoms with Crippen molar-refractivity contribution in [3.8, 4) is 0 Å². The topological polar surface area (TPSA) is 54.2 Å². The predicted molar refractivity (Wildman–Crippen MR) is 116 cm³/mol. The molecule has 0 spiro atoms. The molecule has 166 valence electrons. The molecule has 2 saturated heterocycles. The molecule has 2 aliphatic heterocycles. The molecule has 0 aliphatic carbocycles. The smallest absolute Gasteiger partial charge is 0.379 e. The minimum atomic E-state index is -4.61. The third-order valence-electron chi connectivity index (χ3n) is 6.46. The summed E-state index contributed by atoms with van der Waals surface area (Å²) in [4.78, 5) is 6.29. The Kier molecular flexibility index (Phi) is 5.79. The lowest BCUT2D eigenvalue weighted by atomic mass is 9.95. The molecule has 1 aromatic heterocycles. The first-order valence-electron chi connectivity index (χ1n) is 10.4. The lowest BCUT2D eigenvalue weighted by Gasteiger charge is -2.39. The number of anilines is 1. The third-order valence-corrected chi connectivity index (χ3v) is 6.46. The summed E-state index contributed by atoms with van der Waals surface area (Å²) in [6, 6.07) is 6.50. The number of aromatic nitrogens is 1. The first-order chi connectivity index (χ1) is 14.7. The molecule has 8 heteroatoms. The highest BCUT2D eigenvalue weighted by Crippen LogP contribution is 2.40. The summed E-state index contributed by atoms with van der Waals surface area (Å²) in [7, 11) is 1.96. The second kappa shape index (κ2) is 8.24. The van der Waals surface area contributed by atoms with E-state index < -0.39 is 24.0 Å². The summed E-state index contributed by atoms with van der Waals surface area (Å²) in [6.07, 6.45) is -0.0313. The van der Waals surface area contributed by atoms with E-state index in [1.165, 1.54) is 0 Å². The Morgan fingerprint density at radius 2 is 2.10 bits per heavy atom. The van der Waals surface area contributed by atoms with Crippen LogP contribution in [0.1, 0.15) is 30.7 Å². The lowest BCUT2D eigenvalue weighted by Crippen LogP contribution is -2.53. The van der Waals surface area contributed by atoms with Gasteiger partial charge in [-0.2, -0.15) is 13.2 Å². The molecule has 0 amide bonds. The van der Waals surface area contributed by atoms with Crippen molar-refractivity contribution in [1.29, 1.82) is 0 Å². The van der Waals surface area contributed by atoms with Crippen molar-refractivity contribution >= 4 is 28.1 Å². The van der Waals surface area contributed by atoms with E-state index in [4.69, 9.17) is 5.73 Å². The van der Waals surface area contributed by atoms with Gasteiger partial charge in [0.05, 0.1) is 23.0 Å². The molecule has 2 bridgehead atoms. The highest BCUT2D eigenvalue weighted by atomic mass is 19.4. The number of fused-ring (bicyclic) bond motifs is 3. The number of alkyl halides is 4. The maximum absolute atomic E-state index is 15.2. The molecule has 0 unspecified atom stereocenters. The average molecular weight is 434 g/mol. The maximum atomic E-state index is 15.2. The van der Waals surface area contributed by atoms with Crippen LogP contribution in [0.15, 0.2) is 36.9 Å². The minimum absolute atomic E-state index is 0.128. The Hall–Kier alpha value is -2.45. The van der Waals surface area contributed by atoms with Crippen LogP contribution >= 0.6 is 0 Å². The van der Waals surface area contributed by atoms with Crippen molar-refractivity contribution in [3.05, 3.63) is 48.3 Å². The molecule has 4 nitrogen and oxygen atoms in total. The van der Waals surface area contributed by atoms with Gasteiger partial charge in [0.25, 0.3) is 0 Å². The van der Waals surface area contributed by atoms with Gasteiger partial charge in [0.1, 0.15) is 6.17 Å². The molecule has 2 aromatic rings. The molecule has 2 aliphatic rings. The van der Waals surface area contributed by atoms with Crippen LogP contribution in [-0.4, -0.2) is 53.9 Å². The number of hydrogen-bond acceptors (Lipinski definition) is 4. The summed E-state index contributed by atoms with van der Waals surface area (Å²) >= 11 is 0. The number of nitrogens with two attached hydrogens (primary N) is 1. The van der Waals surface area contributed by atoms with Crippen LogP contribution in [0.25, 0.3) is 22.4 Å². The van der Waals surface area contributed by atoms with Crippen molar-refractivity contribution in [2.24, 2.45) is 5.73 Å². The van der Waals surface area contributed by atoms with E-state index in [0.717, 1.165) is 12.8 Å². The Labute approximate surface area is 178 Å². The number of nitrogens with one attached hydrogen (secondary N) is 1. The van der Waals surface area contributed by atoms with Gasteiger partial charge in [-0.05, 0) is 44.5 Å². The van der Waals surface area contributed by atoms with E-state index in [0.29, 0.717) is 34.6 Å². The molecular formula is C23H26F4N4. The predicted octanol–water partition coefficient (Wildman–Crippen LogP) is 4.77. The van der Waals surface area contributed by atoms with E-state index in [1.807, 2.05) is 7.05 Å². The van der Waals surface area contributed by atoms with E-state index in [2.05, 4.69) is 21.8 Å². The van der Waals surface area contributed by atoms with Crippen LogP contribution in [0.3, 0.4) is 0 Å². The zero-order valence-electron chi connectivity index (χ0n) is 17.3. The number of nitrogens with zero attached hydrogens (tertiary/aromatic N) is 2. The second-order valence-electron chi connectivity index (χ2n) is 8.31. The number of hydrogen-bond donors (Lipinski definition) is 2. The Bertz CT molecular complexity index is 1020. The fraction of sp³-hybridized carbons (Fsp3) is 0.435. The van der Waals surface area contributed by atoms with Gasteiger partial charge in [0.15, 0.2) is 0 Å². The van der Waals surface area contributed by atoms with E-state index in [9.17, 15) is 13.2 Å². The molecule has 1 aromatic carbocycles.